The van der Waals surface area contributed by atoms with Gasteiger partial charge in [0.05, 0.1) is 12.1 Å². The lowest BCUT2D eigenvalue weighted by molar-refractivity contribution is 0.197. The van der Waals surface area contributed by atoms with Gasteiger partial charge < -0.3 is 20.2 Å². The van der Waals surface area contributed by atoms with E-state index >= 15 is 0 Å². The minimum atomic E-state index is -0.488. The van der Waals surface area contributed by atoms with Crippen molar-refractivity contribution in [2.45, 2.75) is 19.1 Å². The van der Waals surface area contributed by atoms with E-state index in [1.54, 1.807) is 13.1 Å². The van der Waals surface area contributed by atoms with E-state index in [9.17, 15) is 9.90 Å². The third-order valence-corrected chi connectivity index (χ3v) is 3.81. The van der Waals surface area contributed by atoms with Crippen molar-refractivity contribution in [1.29, 1.82) is 0 Å². The number of hydrogen-bond donors (Lipinski definition) is 2. The fourth-order valence-corrected chi connectivity index (χ4v) is 2.68. The molecule has 1 unspecified atom stereocenters. The average Bonchev–Trinajstić information content (AvgIpc) is 2.80. The summed E-state index contributed by atoms with van der Waals surface area (Å²) in [4.78, 5) is 20.0. The molecule has 6 heteroatoms. The lowest BCUT2D eigenvalue weighted by Crippen LogP contribution is -2.52. The summed E-state index contributed by atoms with van der Waals surface area (Å²) in [5, 5.41) is 12.5. The number of hydrogen-bond acceptors (Lipinski definition) is 4. The van der Waals surface area contributed by atoms with Gasteiger partial charge in [0.25, 0.3) is 0 Å². The molecule has 19 heavy (non-hydrogen) atoms. The number of nitrogens with zero attached hydrogens (tertiary/aromatic N) is 3. The SMILES string of the molecule is C[C@@H](O)c1ccnc(N2CCN3C(=O)NCC3C2)c1. The van der Waals surface area contributed by atoms with Gasteiger partial charge in [0.15, 0.2) is 0 Å². The molecule has 0 aliphatic carbocycles. The number of rotatable bonds is 2. The Hall–Kier alpha value is -1.82. The molecule has 2 fully saturated rings. The Morgan fingerprint density at radius 2 is 2.37 bits per heavy atom. The Morgan fingerprint density at radius 1 is 1.53 bits per heavy atom. The Morgan fingerprint density at radius 3 is 3.16 bits per heavy atom. The zero-order valence-electron chi connectivity index (χ0n) is 10.9. The van der Waals surface area contributed by atoms with Crippen molar-refractivity contribution < 1.29 is 9.90 Å². The first kappa shape index (κ1) is 12.2. The highest BCUT2D eigenvalue weighted by Gasteiger charge is 2.35. The van der Waals surface area contributed by atoms with E-state index in [0.29, 0.717) is 6.54 Å². The molecular formula is C13H18N4O2. The van der Waals surface area contributed by atoms with E-state index in [1.807, 2.05) is 17.0 Å². The summed E-state index contributed by atoms with van der Waals surface area (Å²) < 4.78 is 0. The van der Waals surface area contributed by atoms with Gasteiger partial charge >= 0.3 is 6.03 Å². The summed E-state index contributed by atoms with van der Waals surface area (Å²) in [6, 6.07) is 4.00. The maximum Gasteiger partial charge on any atom is 0.317 e. The number of amides is 2. The minimum Gasteiger partial charge on any atom is -0.389 e. The average molecular weight is 262 g/mol. The number of anilines is 1. The number of nitrogens with one attached hydrogen (secondary N) is 1. The molecule has 0 saturated carbocycles. The lowest BCUT2D eigenvalue weighted by Gasteiger charge is -2.37. The van der Waals surface area contributed by atoms with Crippen LogP contribution >= 0.6 is 0 Å². The number of urea groups is 1. The number of pyridine rings is 1. The van der Waals surface area contributed by atoms with Crippen molar-refractivity contribution in [3.05, 3.63) is 23.9 Å². The Kier molecular flexibility index (Phi) is 3.02. The molecule has 2 N–H and O–H groups in total. The highest BCUT2D eigenvalue weighted by molar-refractivity contribution is 5.77. The highest BCUT2D eigenvalue weighted by Crippen LogP contribution is 2.22. The van der Waals surface area contributed by atoms with E-state index in [4.69, 9.17) is 0 Å². The largest absolute Gasteiger partial charge is 0.389 e. The molecule has 0 radical (unpaired) electrons. The molecule has 3 rings (SSSR count). The van der Waals surface area contributed by atoms with Crippen LogP contribution in [0.4, 0.5) is 10.6 Å². The van der Waals surface area contributed by atoms with Gasteiger partial charge in [0.1, 0.15) is 5.82 Å². The predicted octanol–water partition coefficient (Wildman–Crippen LogP) is 0.349. The van der Waals surface area contributed by atoms with Gasteiger partial charge in [-0.05, 0) is 24.6 Å². The molecular weight excluding hydrogens is 244 g/mol. The first-order valence-electron chi connectivity index (χ1n) is 6.58. The lowest BCUT2D eigenvalue weighted by atomic mass is 10.1. The van der Waals surface area contributed by atoms with Gasteiger partial charge in [-0.2, -0.15) is 0 Å². The van der Waals surface area contributed by atoms with Crippen LogP contribution in [0, 0.1) is 0 Å². The van der Waals surface area contributed by atoms with Gasteiger partial charge in [0, 0.05) is 32.4 Å². The number of aliphatic hydroxyl groups is 1. The third kappa shape index (κ3) is 2.23. The second kappa shape index (κ2) is 4.70. The van der Waals surface area contributed by atoms with Gasteiger partial charge in [0.2, 0.25) is 0 Å². The molecule has 1 aromatic heterocycles. The molecule has 2 atom stereocenters. The summed E-state index contributed by atoms with van der Waals surface area (Å²) in [6.07, 6.45) is 1.24. The van der Waals surface area contributed by atoms with Crippen molar-refractivity contribution >= 4 is 11.8 Å². The van der Waals surface area contributed by atoms with Crippen LogP contribution in [0.5, 0.6) is 0 Å². The Bertz CT molecular complexity index is 491. The van der Waals surface area contributed by atoms with Crippen LogP contribution in [0.2, 0.25) is 0 Å². The monoisotopic (exact) mass is 262 g/mol. The highest BCUT2D eigenvalue weighted by atomic mass is 16.3. The number of fused-ring (bicyclic) bond motifs is 1. The molecule has 6 nitrogen and oxygen atoms in total. The number of carbonyl (C=O) groups excluding carboxylic acids is 1. The molecule has 3 heterocycles. The van der Waals surface area contributed by atoms with E-state index in [-0.39, 0.29) is 12.1 Å². The predicted molar refractivity (Wildman–Crippen MR) is 71.0 cm³/mol. The molecule has 102 valence electrons. The maximum atomic E-state index is 11.5. The molecule has 2 aliphatic rings. The molecule has 0 bridgehead atoms. The van der Waals surface area contributed by atoms with Crippen molar-refractivity contribution in [1.82, 2.24) is 15.2 Å². The zero-order chi connectivity index (χ0) is 13.4. The minimum absolute atomic E-state index is 0.0374. The second-order valence-electron chi connectivity index (χ2n) is 5.10. The summed E-state index contributed by atoms with van der Waals surface area (Å²) in [5.74, 6) is 0.873. The number of carbonyl (C=O) groups is 1. The summed E-state index contributed by atoms with van der Waals surface area (Å²) in [7, 11) is 0. The van der Waals surface area contributed by atoms with Gasteiger partial charge in [-0.15, -0.1) is 0 Å². The topological polar surface area (TPSA) is 68.7 Å². The van der Waals surface area contributed by atoms with E-state index < -0.39 is 6.10 Å². The van der Waals surface area contributed by atoms with Gasteiger partial charge in [-0.25, -0.2) is 9.78 Å². The fraction of sp³-hybridized carbons (Fsp3) is 0.538. The van der Waals surface area contributed by atoms with Crippen LogP contribution in [0.15, 0.2) is 18.3 Å². The van der Waals surface area contributed by atoms with Crippen LogP contribution in [0.25, 0.3) is 0 Å². The van der Waals surface area contributed by atoms with Gasteiger partial charge in [-0.1, -0.05) is 0 Å². The molecule has 2 saturated heterocycles. The molecule has 1 aromatic rings. The summed E-state index contributed by atoms with van der Waals surface area (Å²) >= 11 is 0. The standard InChI is InChI=1S/C13H18N4O2/c1-9(18)10-2-3-14-12(6-10)16-4-5-17-11(8-16)7-15-13(17)19/h2-3,6,9,11,18H,4-5,7-8H2,1H3,(H,15,19)/t9-,11?/m1/s1. The molecule has 0 spiro atoms. The molecule has 0 aromatic carbocycles. The number of aliphatic hydroxyl groups excluding tert-OH is 1. The zero-order valence-corrected chi connectivity index (χ0v) is 10.9. The second-order valence-corrected chi connectivity index (χ2v) is 5.10. The van der Waals surface area contributed by atoms with Crippen molar-refractivity contribution in [2.75, 3.05) is 31.1 Å². The first-order valence-corrected chi connectivity index (χ1v) is 6.58. The van der Waals surface area contributed by atoms with E-state index in [0.717, 1.165) is 31.0 Å². The molecule has 2 amide bonds. The maximum absolute atomic E-state index is 11.5. The quantitative estimate of drug-likeness (QED) is 0.807. The van der Waals surface area contributed by atoms with Crippen LogP contribution in [-0.2, 0) is 0 Å². The van der Waals surface area contributed by atoms with Crippen LogP contribution in [-0.4, -0.2) is 53.2 Å². The van der Waals surface area contributed by atoms with Crippen molar-refractivity contribution in [3.63, 3.8) is 0 Å². The summed E-state index contributed by atoms with van der Waals surface area (Å²) in [5.41, 5.74) is 0.869. The normalized spacial score (nSPS) is 24.1. The van der Waals surface area contributed by atoms with Crippen LogP contribution < -0.4 is 10.2 Å². The first-order chi connectivity index (χ1) is 9.15. The van der Waals surface area contributed by atoms with Crippen molar-refractivity contribution in [2.24, 2.45) is 0 Å². The summed E-state index contributed by atoms with van der Waals surface area (Å²) in [6.45, 7) is 4.73. The number of piperazine rings is 1. The van der Waals surface area contributed by atoms with Gasteiger partial charge in [-0.3, -0.25) is 0 Å². The third-order valence-electron chi connectivity index (χ3n) is 3.81. The van der Waals surface area contributed by atoms with E-state index in [2.05, 4.69) is 15.2 Å². The van der Waals surface area contributed by atoms with Crippen molar-refractivity contribution in [3.8, 4) is 0 Å². The Labute approximate surface area is 112 Å². The number of aromatic nitrogens is 1. The molecule has 2 aliphatic heterocycles. The van der Waals surface area contributed by atoms with Crippen LogP contribution in [0.1, 0.15) is 18.6 Å². The smallest absolute Gasteiger partial charge is 0.317 e. The van der Waals surface area contributed by atoms with Crippen LogP contribution in [0.3, 0.4) is 0 Å². The fourth-order valence-electron chi connectivity index (χ4n) is 2.68. The van der Waals surface area contributed by atoms with E-state index in [1.165, 1.54) is 0 Å². The Balaban J connectivity index is 1.77.